The highest BCUT2D eigenvalue weighted by molar-refractivity contribution is 9.10. The number of halogens is 3. The van der Waals surface area contributed by atoms with Gasteiger partial charge in [0.05, 0.1) is 16.3 Å². The van der Waals surface area contributed by atoms with Crippen molar-refractivity contribution in [1.82, 2.24) is 9.78 Å². The minimum Gasteiger partial charge on any atom is -0.382 e. The third-order valence-electron chi connectivity index (χ3n) is 3.18. The van der Waals surface area contributed by atoms with Gasteiger partial charge < -0.3 is 5.73 Å². The van der Waals surface area contributed by atoms with E-state index in [1.165, 1.54) is 18.2 Å². The summed E-state index contributed by atoms with van der Waals surface area (Å²) in [5, 5.41) is 4.32. The average molecular weight is 395 g/mol. The molecule has 116 valence electrons. The molecule has 2 aromatic carbocycles. The summed E-state index contributed by atoms with van der Waals surface area (Å²) in [5.41, 5.74) is 6.87. The van der Waals surface area contributed by atoms with E-state index in [0.29, 0.717) is 20.8 Å². The van der Waals surface area contributed by atoms with Gasteiger partial charge in [0.25, 0.3) is 5.91 Å². The second-order valence-corrected chi connectivity index (χ2v) is 6.13. The number of nitrogens with zero attached hydrogens (tertiary/aromatic N) is 2. The lowest BCUT2D eigenvalue weighted by Gasteiger charge is -2.08. The van der Waals surface area contributed by atoms with Crippen LogP contribution in [0.3, 0.4) is 0 Å². The molecule has 7 heteroatoms. The first kappa shape index (κ1) is 15.7. The van der Waals surface area contributed by atoms with Crippen molar-refractivity contribution in [2.24, 2.45) is 0 Å². The number of carbonyl (C=O) groups is 1. The third-order valence-corrected chi connectivity index (χ3v) is 3.97. The van der Waals surface area contributed by atoms with Gasteiger partial charge in [-0.3, -0.25) is 4.79 Å². The van der Waals surface area contributed by atoms with E-state index >= 15 is 0 Å². The van der Waals surface area contributed by atoms with E-state index in [9.17, 15) is 9.18 Å². The van der Waals surface area contributed by atoms with Crippen molar-refractivity contribution in [2.45, 2.75) is 0 Å². The van der Waals surface area contributed by atoms with E-state index in [2.05, 4.69) is 21.0 Å². The molecule has 3 aromatic rings. The number of nitrogens with two attached hydrogens (primary N) is 1. The highest BCUT2D eigenvalue weighted by Crippen LogP contribution is 2.27. The Morgan fingerprint density at radius 2 is 1.96 bits per heavy atom. The van der Waals surface area contributed by atoms with Crippen LogP contribution in [0, 0.1) is 5.82 Å². The number of rotatable bonds is 2. The van der Waals surface area contributed by atoms with Crippen molar-refractivity contribution >= 4 is 39.3 Å². The summed E-state index contributed by atoms with van der Waals surface area (Å²) in [6, 6.07) is 12.4. The van der Waals surface area contributed by atoms with Gasteiger partial charge in [-0.2, -0.15) is 4.68 Å². The Morgan fingerprint density at radius 3 is 2.65 bits per heavy atom. The van der Waals surface area contributed by atoms with Gasteiger partial charge in [-0.1, -0.05) is 39.7 Å². The first-order valence-electron chi connectivity index (χ1n) is 6.57. The maximum absolute atomic E-state index is 13.6. The Hall–Kier alpha value is -2.18. The molecule has 0 aliphatic heterocycles. The van der Waals surface area contributed by atoms with Crippen LogP contribution in [-0.2, 0) is 0 Å². The van der Waals surface area contributed by atoms with Gasteiger partial charge >= 0.3 is 0 Å². The fraction of sp³-hybridized carbons (Fsp3) is 0. The topological polar surface area (TPSA) is 60.9 Å². The Balaban J connectivity index is 2.15. The van der Waals surface area contributed by atoms with E-state index in [1.807, 2.05) is 0 Å². The van der Waals surface area contributed by atoms with Gasteiger partial charge in [-0.15, -0.1) is 5.10 Å². The number of benzene rings is 2. The van der Waals surface area contributed by atoms with Gasteiger partial charge in [0.2, 0.25) is 0 Å². The van der Waals surface area contributed by atoms with Crippen molar-refractivity contribution in [3.63, 3.8) is 0 Å². The molecule has 1 aromatic heterocycles. The number of hydrogen-bond donors (Lipinski definition) is 1. The Bertz CT molecular complexity index is 890. The minimum atomic E-state index is -0.442. The molecule has 23 heavy (non-hydrogen) atoms. The molecular formula is C16H10BrClFN3O. The van der Waals surface area contributed by atoms with Crippen LogP contribution in [0.1, 0.15) is 10.4 Å². The highest BCUT2D eigenvalue weighted by Gasteiger charge is 2.19. The maximum Gasteiger partial charge on any atom is 0.280 e. The fourth-order valence-corrected chi connectivity index (χ4v) is 2.89. The molecular weight excluding hydrogens is 385 g/mol. The maximum atomic E-state index is 13.6. The monoisotopic (exact) mass is 393 g/mol. The summed E-state index contributed by atoms with van der Waals surface area (Å²) in [6.07, 6.45) is 0. The van der Waals surface area contributed by atoms with E-state index in [-0.39, 0.29) is 11.4 Å². The van der Waals surface area contributed by atoms with Gasteiger partial charge in [0, 0.05) is 16.1 Å². The Morgan fingerprint density at radius 1 is 1.22 bits per heavy atom. The number of nitrogen functional groups attached to an aromatic ring is 1. The number of anilines is 1. The van der Waals surface area contributed by atoms with Crippen LogP contribution < -0.4 is 5.73 Å². The van der Waals surface area contributed by atoms with Crippen molar-refractivity contribution < 1.29 is 9.18 Å². The average Bonchev–Trinajstić information content (AvgIpc) is 2.88. The molecule has 0 atom stereocenters. The number of aromatic nitrogens is 2. The highest BCUT2D eigenvalue weighted by atomic mass is 79.9. The van der Waals surface area contributed by atoms with Crippen LogP contribution >= 0.6 is 27.5 Å². The first-order chi connectivity index (χ1) is 11.0. The summed E-state index contributed by atoms with van der Waals surface area (Å²) in [4.78, 5) is 12.7. The second-order valence-electron chi connectivity index (χ2n) is 4.81. The van der Waals surface area contributed by atoms with Crippen LogP contribution in [0.5, 0.6) is 0 Å². The predicted octanol–water partition coefficient (Wildman–Crippen LogP) is 4.38. The minimum absolute atomic E-state index is 0.154. The lowest BCUT2D eigenvalue weighted by atomic mass is 10.1. The van der Waals surface area contributed by atoms with Crippen LogP contribution in [0.15, 0.2) is 53.0 Å². The molecule has 0 spiro atoms. The normalized spacial score (nSPS) is 10.7. The molecule has 0 fully saturated rings. The smallest absolute Gasteiger partial charge is 0.280 e. The largest absolute Gasteiger partial charge is 0.382 e. The third kappa shape index (κ3) is 3.13. The van der Waals surface area contributed by atoms with Crippen LogP contribution in [0.4, 0.5) is 10.2 Å². The zero-order chi connectivity index (χ0) is 16.6. The quantitative estimate of drug-likeness (QED) is 0.702. The molecule has 0 radical (unpaired) electrons. The van der Waals surface area contributed by atoms with Gasteiger partial charge in [-0.05, 0) is 30.3 Å². The van der Waals surface area contributed by atoms with Crippen LogP contribution in [0.25, 0.3) is 11.3 Å². The summed E-state index contributed by atoms with van der Waals surface area (Å²) < 4.78 is 15.3. The second kappa shape index (κ2) is 6.14. The standard InChI is InChI=1S/C16H10BrClFN3O/c17-10-5-9(6-11(19)7-10)14-8-15(20)21-22(14)16(23)12-3-1-2-4-13(12)18/h1-8H,(H2,20,21). The summed E-state index contributed by atoms with van der Waals surface area (Å²) in [5.74, 6) is -0.727. The van der Waals surface area contributed by atoms with Crippen molar-refractivity contribution in [3.8, 4) is 11.3 Å². The molecule has 0 saturated heterocycles. The summed E-state index contributed by atoms with van der Waals surface area (Å²) >= 11 is 9.29. The molecule has 2 N–H and O–H groups in total. The van der Waals surface area contributed by atoms with Crippen molar-refractivity contribution in [2.75, 3.05) is 5.73 Å². The van der Waals surface area contributed by atoms with E-state index in [0.717, 1.165) is 4.68 Å². The van der Waals surface area contributed by atoms with Gasteiger partial charge in [-0.25, -0.2) is 4.39 Å². The molecule has 0 bridgehead atoms. The van der Waals surface area contributed by atoms with E-state index < -0.39 is 11.7 Å². The lowest BCUT2D eigenvalue weighted by molar-refractivity contribution is 0.0947. The van der Waals surface area contributed by atoms with Gasteiger partial charge in [0.15, 0.2) is 0 Å². The Kier molecular flexibility index (Phi) is 4.19. The van der Waals surface area contributed by atoms with Gasteiger partial charge in [0.1, 0.15) is 11.6 Å². The molecule has 0 aliphatic carbocycles. The lowest BCUT2D eigenvalue weighted by Crippen LogP contribution is -2.15. The number of carbonyl (C=O) groups excluding carboxylic acids is 1. The van der Waals surface area contributed by atoms with Crippen molar-refractivity contribution in [3.05, 3.63) is 69.4 Å². The zero-order valence-electron chi connectivity index (χ0n) is 11.6. The molecule has 0 aliphatic rings. The zero-order valence-corrected chi connectivity index (χ0v) is 14.0. The molecule has 0 unspecified atom stereocenters. The molecule has 0 saturated carbocycles. The summed E-state index contributed by atoms with van der Waals surface area (Å²) in [6.45, 7) is 0. The molecule has 1 heterocycles. The SMILES string of the molecule is Nc1cc(-c2cc(F)cc(Br)c2)n(C(=O)c2ccccc2Cl)n1. The van der Waals surface area contributed by atoms with Crippen LogP contribution in [0.2, 0.25) is 5.02 Å². The Labute approximate surface area is 144 Å². The molecule has 3 rings (SSSR count). The first-order valence-corrected chi connectivity index (χ1v) is 7.74. The van der Waals surface area contributed by atoms with E-state index in [4.69, 9.17) is 17.3 Å². The van der Waals surface area contributed by atoms with Crippen molar-refractivity contribution in [1.29, 1.82) is 0 Å². The van der Waals surface area contributed by atoms with Crippen LogP contribution in [-0.4, -0.2) is 15.7 Å². The molecule has 0 amide bonds. The number of hydrogen-bond acceptors (Lipinski definition) is 3. The predicted molar refractivity (Wildman–Crippen MR) is 90.9 cm³/mol. The summed E-state index contributed by atoms with van der Waals surface area (Å²) in [7, 11) is 0. The fourth-order valence-electron chi connectivity index (χ4n) is 2.21. The van der Waals surface area contributed by atoms with E-state index in [1.54, 1.807) is 30.3 Å². The molecule has 4 nitrogen and oxygen atoms in total.